The Morgan fingerprint density at radius 3 is 2.59 bits per heavy atom. The molecule has 0 fully saturated rings. The molecule has 0 saturated heterocycles. The van der Waals surface area contributed by atoms with Gasteiger partial charge in [0.25, 0.3) is 0 Å². The van der Waals surface area contributed by atoms with Crippen molar-refractivity contribution >= 4 is 29.9 Å². The molecule has 0 saturated carbocycles. The van der Waals surface area contributed by atoms with Crippen LogP contribution in [0.4, 0.5) is 0 Å². The first kappa shape index (κ1) is 23.5. The molecule has 0 amide bonds. The smallest absolute Gasteiger partial charge is 0.191 e. The first-order chi connectivity index (χ1) is 12.6. The maximum atomic E-state index is 4.73. The summed E-state index contributed by atoms with van der Waals surface area (Å²) < 4.78 is 2.19. The lowest BCUT2D eigenvalue weighted by atomic mass is 10.1. The lowest BCUT2D eigenvalue weighted by molar-refractivity contribution is 0.507. The van der Waals surface area contributed by atoms with E-state index in [1.54, 1.807) is 0 Å². The lowest BCUT2D eigenvalue weighted by Crippen LogP contribution is -2.42. The molecule has 0 spiro atoms. The van der Waals surface area contributed by atoms with E-state index in [9.17, 15) is 0 Å². The second kappa shape index (κ2) is 12.8. The van der Waals surface area contributed by atoms with Gasteiger partial charge in [-0.1, -0.05) is 44.2 Å². The fourth-order valence-electron chi connectivity index (χ4n) is 2.85. The van der Waals surface area contributed by atoms with E-state index >= 15 is 0 Å². The van der Waals surface area contributed by atoms with Crippen LogP contribution in [-0.4, -0.2) is 28.1 Å². The van der Waals surface area contributed by atoms with Crippen molar-refractivity contribution in [2.75, 3.05) is 6.54 Å². The summed E-state index contributed by atoms with van der Waals surface area (Å²) in [6.45, 7) is 11.1. The van der Waals surface area contributed by atoms with Crippen LogP contribution in [0.1, 0.15) is 45.5 Å². The number of aromatic nitrogens is 2. The Balaban J connectivity index is 0.00000364. The molecular weight excluding hydrogens is 449 g/mol. The number of halogens is 1. The number of aryl methyl sites for hydroxylation is 1. The van der Waals surface area contributed by atoms with Crippen LogP contribution in [0.25, 0.3) is 0 Å². The van der Waals surface area contributed by atoms with E-state index in [1.807, 2.05) is 12.4 Å². The van der Waals surface area contributed by atoms with E-state index < -0.39 is 0 Å². The second-order valence-corrected chi connectivity index (χ2v) is 7.15. The molecule has 5 nitrogen and oxygen atoms in total. The molecular formula is C21H34IN5. The molecule has 0 radical (unpaired) electrons. The van der Waals surface area contributed by atoms with Crippen molar-refractivity contribution in [2.24, 2.45) is 10.9 Å². The highest BCUT2D eigenvalue weighted by Crippen LogP contribution is 2.06. The molecule has 1 aromatic heterocycles. The third-order valence-electron chi connectivity index (χ3n) is 4.18. The predicted molar refractivity (Wildman–Crippen MR) is 125 cm³/mol. The normalized spacial score (nSPS) is 12.6. The van der Waals surface area contributed by atoms with Gasteiger partial charge >= 0.3 is 0 Å². The highest BCUT2D eigenvalue weighted by atomic mass is 127. The van der Waals surface area contributed by atoms with E-state index in [4.69, 9.17) is 4.99 Å². The molecule has 2 aromatic rings. The minimum Gasteiger partial charge on any atom is -0.357 e. The molecule has 6 heteroatoms. The van der Waals surface area contributed by atoms with Gasteiger partial charge in [-0.2, -0.15) is 0 Å². The van der Waals surface area contributed by atoms with Crippen molar-refractivity contribution in [3.05, 3.63) is 54.1 Å². The van der Waals surface area contributed by atoms with Gasteiger partial charge in [-0.05, 0) is 38.2 Å². The molecule has 1 aromatic carbocycles. The number of rotatable bonds is 9. The Morgan fingerprint density at radius 2 is 1.93 bits per heavy atom. The van der Waals surface area contributed by atoms with Gasteiger partial charge in [0.05, 0.1) is 0 Å². The topological polar surface area (TPSA) is 54.2 Å². The van der Waals surface area contributed by atoms with Gasteiger partial charge in [0.15, 0.2) is 5.96 Å². The highest BCUT2D eigenvalue weighted by molar-refractivity contribution is 14.0. The zero-order chi connectivity index (χ0) is 18.8. The van der Waals surface area contributed by atoms with Crippen molar-refractivity contribution in [1.29, 1.82) is 0 Å². The molecule has 1 heterocycles. The third kappa shape index (κ3) is 8.77. The number of guanidine groups is 1. The zero-order valence-electron chi connectivity index (χ0n) is 17.0. The zero-order valence-corrected chi connectivity index (χ0v) is 19.3. The molecule has 0 bridgehead atoms. The van der Waals surface area contributed by atoms with Crippen molar-refractivity contribution in [1.82, 2.24) is 20.2 Å². The first-order valence-electron chi connectivity index (χ1n) is 9.67. The first-order valence-corrected chi connectivity index (χ1v) is 9.67. The quantitative estimate of drug-likeness (QED) is 0.319. The van der Waals surface area contributed by atoms with Crippen LogP contribution in [0, 0.1) is 5.92 Å². The van der Waals surface area contributed by atoms with E-state index in [0.29, 0.717) is 18.5 Å². The van der Waals surface area contributed by atoms with Crippen molar-refractivity contribution in [2.45, 2.75) is 59.7 Å². The van der Waals surface area contributed by atoms with Crippen LogP contribution in [0.15, 0.2) is 47.7 Å². The molecule has 0 aliphatic rings. The van der Waals surface area contributed by atoms with Gasteiger partial charge in [0.2, 0.25) is 0 Å². The van der Waals surface area contributed by atoms with E-state index in [0.717, 1.165) is 37.7 Å². The van der Waals surface area contributed by atoms with Crippen LogP contribution >= 0.6 is 24.0 Å². The number of aliphatic imine (C=N–C) groups is 1. The Hall–Kier alpha value is -1.57. The third-order valence-corrected chi connectivity index (χ3v) is 4.18. The molecule has 27 heavy (non-hydrogen) atoms. The van der Waals surface area contributed by atoms with E-state index in [2.05, 4.69) is 78.2 Å². The van der Waals surface area contributed by atoms with Crippen LogP contribution in [-0.2, 0) is 19.5 Å². The van der Waals surface area contributed by atoms with Gasteiger partial charge in [-0.15, -0.1) is 24.0 Å². The van der Waals surface area contributed by atoms with Gasteiger partial charge in [0, 0.05) is 31.5 Å². The Bertz CT molecular complexity index is 666. The second-order valence-electron chi connectivity index (χ2n) is 7.15. The van der Waals surface area contributed by atoms with Crippen molar-refractivity contribution < 1.29 is 0 Å². The molecule has 2 rings (SSSR count). The van der Waals surface area contributed by atoms with Crippen LogP contribution in [0.2, 0.25) is 0 Å². The summed E-state index contributed by atoms with van der Waals surface area (Å²) in [5.74, 6) is 2.45. The van der Waals surface area contributed by atoms with Crippen molar-refractivity contribution in [3.63, 3.8) is 0 Å². The number of nitrogens with zero attached hydrogens (tertiary/aromatic N) is 3. The number of hydrogen-bond donors (Lipinski definition) is 2. The fourth-order valence-corrected chi connectivity index (χ4v) is 2.85. The van der Waals surface area contributed by atoms with Gasteiger partial charge < -0.3 is 15.2 Å². The fraction of sp³-hybridized carbons (Fsp3) is 0.524. The minimum atomic E-state index is 0. The van der Waals surface area contributed by atoms with Crippen LogP contribution in [0.5, 0.6) is 0 Å². The highest BCUT2D eigenvalue weighted by Gasteiger charge is 2.08. The number of benzene rings is 1. The summed E-state index contributed by atoms with van der Waals surface area (Å²) in [6.07, 6.45) is 6.02. The summed E-state index contributed by atoms with van der Waals surface area (Å²) in [7, 11) is 0. The predicted octanol–water partition coefficient (Wildman–Crippen LogP) is 4.23. The van der Waals surface area contributed by atoms with Gasteiger partial charge in [0.1, 0.15) is 12.4 Å². The lowest BCUT2D eigenvalue weighted by Gasteiger charge is -2.18. The average Bonchev–Trinajstić information content (AvgIpc) is 3.05. The Labute approximate surface area is 181 Å². The summed E-state index contributed by atoms with van der Waals surface area (Å²) in [6, 6.07) is 11.0. The SMILES string of the molecule is CCNC(=NCc1nccn1CC(C)C)NC(C)CCc1ccccc1.I. The monoisotopic (exact) mass is 483 g/mol. The van der Waals surface area contributed by atoms with Crippen LogP contribution in [0.3, 0.4) is 0 Å². The van der Waals surface area contributed by atoms with Gasteiger partial charge in [-0.3, -0.25) is 0 Å². The molecule has 0 aliphatic heterocycles. The summed E-state index contributed by atoms with van der Waals surface area (Å²) >= 11 is 0. The summed E-state index contributed by atoms with van der Waals surface area (Å²) in [5.41, 5.74) is 1.37. The average molecular weight is 483 g/mol. The minimum absolute atomic E-state index is 0. The van der Waals surface area contributed by atoms with Crippen molar-refractivity contribution in [3.8, 4) is 0 Å². The van der Waals surface area contributed by atoms with Gasteiger partial charge in [-0.25, -0.2) is 9.98 Å². The number of imidazole rings is 1. The number of nitrogens with one attached hydrogen (secondary N) is 2. The maximum absolute atomic E-state index is 4.73. The summed E-state index contributed by atoms with van der Waals surface area (Å²) in [5, 5.41) is 6.85. The molecule has 0 aliphatic carbocycles. The largest absolute Gasteiger partial charge is 0.357 e. The van der Waals surface area contributed by atoms with Crippen LogP contribution < -0.4 is 10.6 Å². The van der Waals surface area contributed by atoms with E-state index in [1.165, 1.54) is 5.56 Å². The Kier molecular flexibility index (Phi) is 11.1. The maximum Gasteiger partial charge on any atom is 0.191 e. The number of hydrogen-bond acceptors (Lipinski definition) is 2. The Morgan fingerprint density at radius 1 is 1.19 bits per heavy atom. The van der Waals surface area contributed by atoms with E-state index in [-0.39, 0.29) is 24.0 Å². The summed E-state index contributed by atoms with van der Waals surface area (Å²) in [4.78, 5) is 9.19. The molecule has 1 unspecified atom stereocenters. The molecule has 2 N–H and O–H groups in total. The molecule has 150 valence electrons. The standard InChI is InChI=1S/C21H33N5.HI/c1-5-22-21(24-15-20-23-13-14-26(20)16-17(2)3)25-18(4)11-12-19-9-7-6-8-10-19;/h6-10,13-14,17-18H,5,11-12,15-16H2,1-4H3,(H2,22,24,25);1H. The molecule has 1 atom stereocenters.